The molecule has 4 nitrogen and oxygen atoms in total. The molecule has 1 aromatic rings. The van der Waals surface area contributed by atoms with E-state index in [2.05, 4.69) is 12.2 Å². The van der Waals surface area contributed by atoms with Gasteiger partial charge in [0.2, 0.25) is 0 Å². The fourth-order valence-electron chi connectivity index (χ4n) is 2.03. The van der Waals surface area contributed by atoms with Gasteiger partial charge in [0.25, 0.3) is 5.91 Å². The monoisotopic (exact) mass is 297 g/mol. The smallest absolute Gasteiger partial charge is 0.261 e. The number of ether oxygens (including phenoxy) is 1. The van der Waals surface area contributed by atoms with Gasteiger partial charge < -0.3 is 10.1 Å². The maximum Gasteiger partial charge on any atom is 0.261 e. The minimum Gasteiger partial charge on any atom is -0.379 e. The molecule has 0 spiro atoms. The van der Waals surface area contributed by atoms with Gasteiger partial charge in [-0.3, -0.25) is 9.59 Å². The number of hydrogen-bond donors (Lipinski definition) is 1. The Morgan fingerprint density at radius 1 is 1.40 bits per heavy atom. The van der Waals surface area contributed by atoms with E-state index >= 15 is 0 Å². The fraction of sp³-hybridized carbons (Fsp3) is 0.600. The summed E-state index contributed by atoms with van der Waals surface area (Å²) in [4.78, 5) is 23.6. The van der Waals surface area contributed by atoms with Crippen LogP contribution in [0.5, 0.6) is 0 Å². The van der Waals surface area contributed by atoms with E-state index in [1.165, 1.54) is 11.3 Å². The van der Waals surface area contributed by atoms with Crippen molar-refractivity contribution >= 4 is 23.5 Å². The third-order valence-corrected chi connectivity index (χ3v) is 3.98. The van der Waals surface area contributed by atoms with Gasteiger partial charge in [-0.1, -0.05) is 13.3 Å². The van der Waals surface area contributed by atoms with Crippen molar-refractivity contribution in [3.8, 4) is 0 Å². The van der Waals surface area contributed by atoms with E-state index in [1.54, 1.807) is 12.1 Å². The summed E-state index contributed by atoms with van der Waals surface area (Å²) in [7, 11) is 0. The topological polar surface area (TPSA) is 55.4 Å². The van der Waals surface area contributed by atoms with E-state index in [0.717, 1.165) is 38.6 Å². The first-order valence-electron chi connectivity index (χ1n) is 7.16. The molecular weight excluding hydrogens is 274 g/mol. The average Bonchev–Trinajstić information content (AvgIpc) is 2.92. The summed E-state index contributed by atoms with van der Waals surface area (Å²) in [5.41, 5.74) is 0. The molecule has 0 aliphatic carbocycles. The number of carbonyl (C=O) groups is 2. The number of amides is 1. The van der Waals surface area contributed by atoms with Crippen LogP contribution in [0.3, 0.4) is 0 Å². The number of rotatable bonds is 10. The third-order valence-electron chi connectivity index (χ3n) is 2.97. The Bertz CT molecular complexity index is 411. The second-order valence-corrected chi connectivity index (χ2v) is 5.70. The summed E-state index contributed by atoms with van der Waals surface area (Å²) < 4.78 is 5.64. The molecular formula is C15H23NO3S. The summed E-state index contributed by atoms with van der Waals surface area (Å²) in [5.74, 6) is -0.105. The van der Waals surface area contributed by atoms with Crippen molar-refractivity contribution in [2.24, 2.45) is 0 Å². The van der Waals surface area contributed by atoms with Gasteiger partial charge in [-0.25, -0.2) is 0 Å². The highest BCUT2D eigenvalue weighted by Gasteiger charge is 2.10. The molecule has 0 aromatic carbocycles. The lowest BCUT2D eigenvalue weighted by Crippen LogP contribution is -2.25. The Balaban J connectivity index is 2.25. The SMILES string of the molecule is CCCC(CCCNC(=O)c1ccc(C=O)s1)OCC. The van der Waals surface area contributed by atoms with Crippen LogP contribution in [-0.4, -0.2) is 31.4 Å². The molecule has 0 radical (unpaired) electrons. The van der Waals surface area contributed by atoms with Gasteiger partial charge in [-0.05, 0) is 38.3 Å². The number of hydrogen-bond acceptors (Lipinski definition) is 4. The Morgan fingerprint density at radius 3 is 2.80 bits per heavy atom. The highest BCUT2D eigenvalue weighted by Crippen LogP contribution is 2.14. The predicted molar refractivity (Wildman–Crippen MR) is 81.6 cm³/mol. The maximum atomic E-state index is 11.8. The lowest BCUT2D eigenvalue weighted by Gasteiger charge is -2.16. The van der Waals surface area contributed by atoms with Gasteiger partial charge in [-0.15, -0.1) is 11.3 Å². The summed E-state index contributed by atoms with van der Waals surface area (Å²) in [5, 5.41) is 2.88. The highest BCUT2D eigenvalue weighted by molar-refractivity contribution is 7.15. The molecule has 0 aliphatic rings. The lowest BCUT2D eigenvalue weighted by atomic mass is 10.1. The zero-order chi connectivity index (χ0) is 14.8. The maximum absolute atomic E-state index is 11.8. The largest absolute Gasteiger partial charge is 0.379 e. The molecule has 0 saturated heterocycles. The summed E-state index contributed by atoms with van der Waals surface area (Å²) >= 11 is 1.22. The summed E-state index contributed by atoms with van der Waals surface area (Å²) in [6.45, 7) is 5.53. The predicted octanol–water partition coefficient (Wildman–Crippen LogP) is 3.28. The van der Waals surface area contributed by atoms with Crippen molar-refractivity contribution in [2.75, 3.05) is 13.2 Å². The zero-order valence-electron chi connectivity index (χ0n) is 12.2. The first kappa shape index (κ1) is 16.9. The molecule has 0 aliphatic heterocycles. The van der Waals surface area contributed by atoms with E-state index in [4.69, 9.17) is 4.74 Å². The normalized spacial score (nSPS) is 12.1. The number of aldehydes is 1. The molecule has 1 N–H and O–H groups in total. The zero-order valence-corrected chi connectivity index (χ0v) is 13.0. The van der Waals surface area contributed by atoms with Crippen LogP contribution < -0.4 is 5.32 Å². The first-order valence-corrected chi connectivity index (χ1v) is 7.97. The van der Waals surface area contributed by atoms with E-state index in [0.29, 0.717) is 22.4 Å². The van der Waals surface area contributed by atoms with Gasteiger partial charge >= 0.3 is 0 Å². The van der Waals surface area contributed by atoms with Gasteiger partial charge in [0.1, 0.15) is 0 Å². The van der Waals surface area contributed by atoms with Crippen molar-refractivity contribution in [3.05, 3.63) is 21.9 Å². The van der Waals surface area contributed by atoms with Crippen molar-refractivity contribution < 1.29 is 14.3 Å². The van der Waals surface area contributed by atoms with Crippen molar-refractivity contribution in [1.29, 1.82) is 0 Å². The van der Waals surface area contributed by atoms with E-state index in [1.807, 2.05) is 6.92 Å². The van der Waals surface area contributed by atoms with E-state index < -0.39 is 0 Å². The number of thiophene rings is 1. The van der Waals surface area contributed by atoms with Crippen molar-refractivity contribution in [1.82, 2.24) is 5.32 Å². The van der Waals surface area contributed by atoms with Crippen molar-refractivity contribution in [2.45, 2.75) is 45.6 Å². The van der Waals surface area contributed by atoms with E-state index in [9.17, 15) is 9.59 Å². The molecule has 1 aromatic heterocycles. The molecule has 0 bridgehead atoms. The quantitative estimate of drug-likeness (QED) is 0.532. The van der Waals surface area contributed by atoms with Gasteiger partial charge in [-0.2, -0.15) is 0 Å². The molecule has 0 saturated carbocycles. The van der Waals surface area contributed by atoms with Crippen LogP contribution in [0.1, 0.15) is 58.9 Å². The van der Waals surface area contributed by atoms with Gasteiger partial charge in [0.15, 0.2) is 6.29 Å². The summed E-state index contributed by atoms with van der Waals surface area (Å²) in [6.07, 6.45) is 5.11. The molecule has 1 heterocycles. The standard InChI is InChI=1S/C15H23NO3S/c1-3-6-12(19-4-2)7-5-10-16-15(18)14-9-8-13(11-17)20-14/h8-9,11-12H,3-7,10H2,1-2H3,(H,16,18). The van der Waals surface area contributed by atoms with Crippen molar-refractivity contribution in [3.63, 3.8) is 0 Å². The van der Waals surface area contributed by atoms with Crippen LogP contribution in [0.4, 0.5) is 0 Å². The molecule has 5 heteroatoms. The fourth-order valence-corrected chi connectivity index (χ4v) is 2.76. The Labute approximate surface area is 124 Å². The van der Waals surface area contributed by atoms with Crippen LogP contribution in [0.15, 0.2) is 12.1 Å². The van der Waals surface area contributed by atoms with Crippen LogP contribution in [0.2, 0.25) is 0 Å². The van der Waals surface area contributed by atoms with Crippen LogP contribution in [-0.2, 0) is 4.74 Å². The van der Waals surface area contributed by atoms with E-state index in [-0.39, 0.29) is 5.91 Å². The molecule has 0 fully saturated rings. The Hall–Kier alpha value is -1.20. The van der Waals surface area contributed by atoms with Crippen LogP contribution in [0, 0.1) is 0 Å². The highest BCUT2D eigenvalue weighted by atomic mass is 32.1. The molecule has 20 heavy (non-hydrogen) atoms. The first-order chi connectivity index (χ1) is 9.71. The Kier molecular flexibility index (Phi) is 8.14. The molecule has 1 rings (SSSR count). The van der Waals surface area contributed by atoms with Crippen LogP contribution >= 0.6 is 11.3 Å². The minimum atomic E-state index is -0.105. The lowest BCUT2D eigenvalue weighted by molar-refractivity contribution is 0.0487. The molecule has 1 unspecified atom stereocenters. The number of nitrogens with one attached hydrogen (secondary N) is 1. The minimum absolute atomic E-state index is 0.105. The van der Waals surface area contributed by atoms with Crippen LogP contribution in [0.25, 0.3) is 0 Å². The Morgan fingerprint density at radius 2 is 2.20 bits per heavy atom. The second-order valence-electron chi connectivity index (χ2n) is 4.58. The average molecular weight is 297 g/mol. The summed E-state index contributed by atoms with van der Waals surface area (Å²) in [6, 6.07) is 3.35. The van der Waals surface area contributed by atoms with Gasteiger partial charge in [0.05, 0.1) is 15.9 Å². The third kappa shape index (κ3) is 5.84. The number of carbonyl (C=O) groups excluding carboxylic acids is 2. The second kappa shape index (κ2) is 9.66. The molecule has 1 amide bonds. The molecule has 1 atom stereocenters. The molecule has 112 valence electrons. The van der Waals surface area contributed by atoms with Gasteiger partial charge in [0, 0.05) is 13.2 Å².